The molecule has 1 aromatic rings. The molecule has 21 heavy (non-hydrogen) atoms. The Balaban J connectivity index is 1.58. The average molecular weight is 291 g/mol. The van der Waals surface area contributed by atoms with E-state index < -0.39 is 0 Å². The maximum Gasteiger partial charge on any atom is 0.141 e. The minimum atomic E-state index is 0.613. The molecule has 2 aliphatic heterocycles. The lowest BCUT2D eigenvalue weighted by atomic mass is 9.90. The zero-order valence-corrected chi connectivity index (χ0v) is 13.5. The van der Waals surface area contributed by atoms with Crippen LogP contribution in [0.4, 0.5) is 0 Å². The molecule has 0 bridgehead atoms. The maximum atomic E-state index is 4.48. The third-order valence-corrected chi connectivity index (χ3v) is 4.81. The van der Waals surface area contributed by atoms with E-state index in [9.17, 15) is 0 Å². The molecule has 3 rings (SSSR count). The van der Waals surface area contributed by atoms with Crippen molar-refractivity contribution in [3.63, 3.8) is 0 Å². The summed E-state index contributed by atoms with van der Waals surface area (Å²) in [5, 5.41) is 8.07. The number of nitrogens with one attached hydrogen (secondary N) is 1. The van der Waals surface area contributed by atoms with Crippen LogP contribution in [0.15, 0.2) is 6.33 Å². The smallest absolute Gasteiger partial charge is 0.141 e. The summed E-state index contributed by atoms with van der Waals surface area (Å²) < 4.78 is 2.09. The molecule has 2 saturated heterocycles. The zero-order valence-electron chi connectivity index (χ0n) is 13.5. The minimum absolute atomic E-state index is 0.613. The van der Waals surface area contributed by atoms with E-state index >= 15 is 0 Å². The number of hydrogen-bond donors (Lipinski definition) is 1. The van der Waals surface area contributed by atoms with Gasteiger partial charge in [0, 0.05) is 19.1 Å². The van der Waals surface area contributed by atoms with Crippen molar-refractivity contribution >= 4 is 0 Å². The summed E-state index contributed by atoms with van der Waals surface area (Å²) in [5.41, 5.74) is 0. The van der Waals surface area contributed by atoms with Gasteiger partial charge in [-0.25, -0.2) is 9.67 Å². The standard InChI is InChI=1S/C16H29N5/c1-13(2)9-21-16(18-12-19-21)11-20-8-4-5-14(10-20)15-6-3-7-17-15/h12-15,17H,3-11H2,1-2H3. The molecule has 0 aromatic carbocycles. The molecule has 1 N–H and O–H groups in total. The Bertz CT molecular complexity index is 436. The van der Waals surface area contributed by atoms with Crippen LogP contribution in [0, 0.1) is 11.8 Å². The molecule has 0 amide bonds. The van der Waals surface area contributed by atoms with Crippen LogP contribution in [-0.2, 0) is 13.1 Å². The minimum Gasteiger partial charge on any atom is -0.314 e. The quantitative estimate of drug-likeness (QED) is 0.900. The topological polar surface area (TPSA) is 46.0 Å². The van der Waals surface area contributed by atoms with Crippen molar-refractivity contribution in [1.82, 2.24) is 25.0 Å². The first-order valence-corrected chi connectivity index (χ1v) is 8.55. The van der Waals surface area contributed by atoms with Crippen LogP contribution in [0.5, 0.6) is 0 Å². The monoisotopic (exact) mass is 291 g/mol. The second kappa shape index (κ2) is 6.88. The van der Waals surface area contributed by atoms with Crippen LogP contribution in [0.3, 0.4) is 0 Å². The molecule has 0 radical (unpaired) electrons. The van der Waals surface area contributed by atoms with Crippen LogP contribution in [0.1, 0.15) is 45.4 Å². The van der Waals surface area contributed by atoms with E-state index in [0.29, 0.717) is 5.92 Å². The largest absolute Gasteiger partial charge is 0.314 e. The summed E-state index contributed by atoms with van der Waals surface area (Å²) in [5.74, 6) is 2.56. The Hall–Kier alpha value is -0.940. The fraction of sp³-hybridized carbons (Fsp3) is 0.875. The van der Waals surface area contributed by atoms with Crippen LogP contribution in [0.25, 0.3) is 0 Å². The van der Waals surface area contributed by atoms with Gasteiger partial charge in [0.25, 0.3) is 0 Å². The van der Waals surface area contributed by atoms with Crippen molar-refractivity contribution in [3.8, 4) is 0 Å². The first-order chi connectivity index (χ1) is 10.2. The van der Waals surface area contributed by atoms with Gasteiger partial charge in [-0.15, -0.1) is 0 Å². The molecular weight excluding hydrogens is 262 g/mol. The lowest BCUT2D eigenvalue weighted by molar-refractivity contribution is 0.140. The summed E-state index contributed by atoms with van der Waals surface area (Å²) in [4.78, 5) is 7.06. The maximum absolute atomic E-state index is 4.48. The predicted octanol–water partition coefficient (Wildman–Crippen LogP) is 1.90. The molecule has 5 heteroatoms. The fourth-order valence-corrected chi connectivity index (χ4v) is 3.79. The first-order valence-electron chi connectivity index (χ1n) is 8.55. The van der Waals surface area contributed by atoms with Crippen LogP contribution < -0.4 is 5.32 Å². The van der Waals surface area contributed by atoms with Gasteiger partial charge >= 0.3 is 0 Å². The number of piperidine rings is 1. The van der Waals surface area contributed by atoms with E-state index in [-0.39, 0.29) is 0 Å². The van der Waals surface area contributed by atoms with Gasteiger partial charge in [0.2, 0.25) is 0 Å². The lowest BCUT2D eigenvalue weighted by Gasteiger charge is -2.35. The first kappa shape index (κ1) is 15.0. The Morgan fingerprint density at radius 1 is 1.33 bits per heavy atom. The van der Waals surface area contributed by atoms with Gasteiger partial charge < -0.3 is 5.32 Å². The molecule has 118 valence electrons. The highest BCUT2D eigenvalue weighted by atomic mass is 15.3. The molecular formula is C16H29N5. The molecule has 0 aliphatic carbocycles. The SMILES string of the molecule is CC(C)Cn1ncnc1CN1CCCC(C2CCCN2)C1. The Morgan fingerprint density at radius 2 is 2.24 bits per heavy atom. The average Bonchev–Trinajstić information content (AvgIpc) is 3.11. The van der Waals surface area contributed by atoms with Gasteiger partial charge in [0.1, 0.15) is 12.2 Å². The molecule has 2 unspecified atom stereocenters. The van der Waals surface area contributed by atoms with E-state index in [4.69, 9.17) is 0 Å². The summed E-state index contributed by atoms with van der Waals surface area (Å²) in [6, 6.07) is 0.751. The van der Waals surface area contributed by atoms with Crippen LogP contribution in [0.2, 0.25) is 0 Å². The van der Waals surface area contributed by atoms with Gasteiger partial charge in [-0.1, -0.05) is 13.8 Å². The van der Waals surface area contributed by atoms with Crippen molar-refractivity contribution in [2.45, 2.75) is 58.7 Å². The van der Waals surface area contributed by atoms with E-state index in [0.717, 1.165) is 30.9 Å². The molecule has 1 aromatic heterocycles. The molecule has 0 spiro atoms. The van der Waals surface area contributed by atoms with Gasteiger partial charge in [-0.3, -0.25) is 4.90 Å². The predicted molar refractivity (Wildman–Crippen MR) is 83.9 cm³/mol. The summed E-state index contributed by atoms with van der Waals surface area (Å²) >= 11 is 0. The summed E-state index contributed by atoms with van der Waals surface area (Å²) in [6.07, 6.45) is 7.12. The number of aromatic nitrogens is 3. The second-order valence-corrected chi connectivity index (χ2v) is 7.09. The van der Waals surface area contributed by atoms with Gasteiger partial charge in [-0.2, -0.15) is 5.10 Å². The molecule has 2 aliphatic rings. The van der Waals surface area contributed by atoms with E-state index in [1.807, 2.05) is 0 Å². The number of nitrogens with zero attached hydrogens (tertiary/aromatic N) is 4. The summed E-state index contributed by atoms with van der Waals surface area (Å²) in [6.45, 7) is 10.0. The summed E-state index contributed by atoms with van der Waals surface area (Å²) in [7, 11) is 0. The normalized spacial score (nSPS) is 27.6. The van der Waals surface area contributed by atoms with Gasteiger partial charge in [0.15, 0.2) is 0 Å². The number of hydrogen-bond acceptors (Lipinski definition) is 4. The highest BCUT2D eigenvalue weighted by molar-refractivity contribution is 4.90. The van der Waals surface area contributed by atoms with Crippen molar-refractivity contribution in [1.29, 1.82) is 0 Å². The number of likely N-dealkylation sites (tertiary alicyclic amines) is 1. The Kier molecular flexibility index (Phi) is 4.91. The van der Waals surface area contributed by atoms with Gasteiger partial charge in [-0.05, 0) is 50.6 Å². The molecule has 5 nitrogen and oxygen atoms in total. The van der Waals surface area contributed by atoms with Crippen molar-refractivity contribution in [2.24, 2.45) is 11.8 Å². The van der Waals surface area contributed by atoms with E-state index in [1.54, 1.807) is 6.33 Å². The van der Waals surface area contributed by atoms with Crippen molar-refractivity contribution < 1.29 is 0 Å². The molecule has 0 saturated carbocycles. The third-order valence-electron chi connectivity index (χ3n) is 4.81. The zero-order chi connectivity index (χ0) is 14.7. The van der Waals surface area contributed by atoms with Crippen molar-refractivity contribution in [2.75, 3.05) is 19.6 Å². The second-order valence-electron chi connectivity index (χ2n) is 7.09. The van der Waals surface area contributed by atoms with Crippen LogP contribution in [-0.4, -0.2) is 45.3 Å². The fourth-order valence-electron chi connectivity index (χ4n) is 3.79. The van der Waals surface area contributed by atoms with Gasteiger partial charge in [0.05, 0.1) is 6.54 Å². The highest BCUT2D eigenvalue weighted by Gasteiger charge is 2.29. The van der Waals surface area contributed by atoms with Crippen LogP contribution >= 0.6 is 0 Å². The van der Waals surface area contributed by atoms with E-state index in [1.165, 1.54) is 45.3 Å². The Morgan fingerprint density at radius 3 is 3.00 bits per heavy atom. The highest BCUT2D eigenvalue weighted by Crippen LogP contribution is 2.25. The van der Waals surface area contributed by atoms with Crippen molar-refractivity contribution in [3.05, 3.63) is 12.2 Å². The van der Waals surface area contributed by atoms with E-state index in [2.05, 4.69) is 38.8 Å². The molecule has 2 fully saturated rings. The molecule has 3 heterocycles. The third kappa shape index (κ3) is 3.83. The lowest BCUT2D eigenvalue weighted by Crippen LogP contribution is -2.43. The number of rotatable bonds is 5. The molecule has 2 atom stereocenters. The Labute approximate surface area is 128 Å².